The molecule has 2 N–H and O–H groups in total. The zero-order valence-electron chi connectivity index (χ0n) is 10.2. The van der Waals surface area contributed by atoms with Gasteiger partial charge in [-0.05, 0) is 12.8 Å². The molecule has 1 rings (SSSR count). The summed E-state index contributed by atoms with van der Waals surface area (Å²) in [6.45, 7) is 5.75. The topological polar surface area (TPSA) is 74.6 Å². The third-order valence-corrected chi connectivity index (χ3v) is 3.26. The quantitative estimate of drug-likeness (QED) is 0.482. The van der Waals surface area contributed by atoms with Crippen molar-refractivity contribution in [2.75, 3.05) is 5.32 Å². The summed E-state index contributed by atoms with van der Waals surface area (Å²) in [5, 5.41) is 16.7. The Balaban J connectivity index is 2.58. The molecule has 0 aliphatic rings. The van der Waals surface area contributed by atoms with E-state index in [9.17, 15) is 4.79 Å². The van der Waals surface area contributed by atoms with E-state index in [0.29, 0.717) is 28.9 Å². The number of carbonyl (C=O) groups is 1. The molecule has 1 heterocycles. The first-order chi connectivity index (χ1) is 8.06. The van der Waals surface area contributed by atoms with Crippen molar-refractivity contribution in [3.05, 3.63) is 11.1 Å². The molecule has 0 aliphatic carbocycles. The molecule has 0 saturated carbocycles. The second-order valence-corrected chi connectivity index (χ2v) is 4.85. The van der Waals surface area contributed by atoms with E-state index in [1.165, 1.54) is 11.3 Å². The number of nitrogens with zero attached hydrogens (tertiary/aromatic N) is 2. The van der Waals surface area contributed by atoms with E-state index in [0.717, 1.165) is 6.42 Å². The van der Waals surface area contributed by atoms with Gasteiger partial charge in [-0.1, -0.05) is 25.4 Å². The van der Waals surface area contributed by atoms with Crippen LogP contribution in [0.1, 0.15) is 39.3 Å². The Bertz CT molecular complexity index is 415. The lowest BCUT2D eigenvalue weighted by Crippen LogP contribution is -2.14. The lowest BCUT2D eigenvalue weighted by Gasteiger charge is -2.06. The van der Waals surface area contributed by atoms with Gasteiger partial charge in [-0.2, -0.15) is 0 Å². The Morgan fingerprint density at radius 3 is 3.00 bits per heavy atom. The fourth-order valence-electron chi connectivity index (χ4n) is 1.18. The van der Waals surface area contributed by atoms with E-state index in [1.807, 2.05) is 6.92 Å². The first-order valence-corrected chi connectivity index (χ1v) is 6.39. The Hall–Kier alpha value is -1.43. The van der Waals surface area contributed by atoms with Crippen LogP contribution in [0.5, 0.6) is 0 Å². The van der Waals surface area contributed by atoms with E-state index in [1.54, 1.807) is 12.3 Å². The van der Waals surface area contributed by atoms with Crippen molar-refractivity contribution >= 4 is 28.1 Å². The largest absolute Gasteiger partial charge is 0.411 e. The summed E-state index contributed by atoms with van der Waals surface area (Å²) in [5.74, 6) is 0.342. The first-order valence-electron chi connectivity index (χ1n) is 5.51. The van der Waals surface area contributed by atoms with E-state index >= 15 is 0 Å². The molecule has 0 fully saturated rings. The molecule has 1 aromatic rings. The highest BCUT2D eigenvalue weighted by Crippen LogP contribution is 2.17. The summed E-state index contributed by atoms with van der Waals surface area (Å²) in [6, 6.07) is 0. The Kier molecular flexibility index (Phi) is 5.09. The second kappa shape index (κ2) is 6.34. The number of oxime groups is 1. The normalized spacial score (nSPS) is 13.5. The zero-order valence-corrected chi connectivity index (χ0v) is 11.0. The van der Waals surface area contributed by atoms with Gasteiger partial charge in [0.05, 0.1) is 0 Å². The fourth-order valence-corrected chi connectivity index (χ4v) is 1.95. The van der Waals surface area contributed by atoms with Crippen molar-refractivity contribution in [3.63, 3.8) is 0 Å². The number of hydrogen-bond donors (Lipinski definition) is 2. The minimum Gasteiger partial charge on any atom is -0.411 e. The maximum absolute atomic E-state index is 11.6. The molecule has 1 amide bonds. The molecule has 0 bridgehead atoms. The third kappa shape index (κ3) is 4.14. The standard InChI is InChI=1S/C11H17N3O2S/c1-4-7(2)5-10(15)13-11-12-9(6-17-11)8(3)14-16/h6-7,16H,4-5H2,1-3H3,(H,12,13,15). The summed E-state index contributed by atoms with van der Waals surface area (Å²) in [7, 11) is 0. The average Bonchev–Trinajstić information content (AvgIpc) is 2.76. The van der Waals surface area contributed by atoms with Gasteiger partial charge < -0.3 is 10.5 Å². The number of thiazole rings is 1. The number of amides is 1. The van der Waals surface area contributed by atoms with Crippen LogP contribution in [0.2, 0.25) is 0 Å². The highest BCUT2D eigenvalue weighted by Gasteiger charge is 2.10. The van der Waals surface area contributed by atoms with Crippen LogP contribution in [0.25, 0.3) is 0 Å². The Morgan fingerprint density at radius 1 is 1.71 bits per heavy atom. The summed E-state index contributed by atoms with van der Waals surface area (Å²) in [4.78, 5) is 15.8. The summed E-state index contributed by atoms with van der Waals surface area (Å²) < 4.78 is 0. The maximum atomic E-state index is 11.6. The SMILES string of the molecule is CCC(C)CC(=O)Nc1nc(C(C)=NO)cs1. The highest BCUT2D eigenvalue weighted by molar-refractivity contribution is 7.14. The monoisotopic (exact) mass is 255 g/mol. The lowest BCUT2D eigenvalue weighted by molar-refractivity contribution is -0.117. The smallest absolute Gasteiger partial charge is 0.226 e. The van der Waals surface area contributed by atoms with Crippen molar-refractivity contribution in [1.29, 1.82) is 0 Å². The number of anilines is 1. The van der Waals surface area contributed by atoms with Crippen LogP contribution in [0.15, 0.2) is 10.5 Å². The molecule has 0 saturated heterocycles. The van der Waals surface area contributed by atoms with Crippen molar-refractivity contribution in [2.24, 2.45) is 11.1 Å². The van der Waals surface area contributed by atoms with Crippen molar-refractivity contribution in [1.82, 2.24) is 4.98 Å². The molecular formula is C11H17N3O2S. The van der Waals surface area contributed by atoms with Crippen molar-refractivity contribution < 1.29 is 10.0 Å². The summed E-state index contributed by atoms with van der Waals surface area (Å²) in [5.41, 5.74) is 1.01. The third-order valence-electron chi connectivity index (χ3n) is 2.50. The second-order valence-electron chi connectivity index (χ2n) is 3.99. The predicted molar refractivity (Wildman–Crippen MR) is 68.8 cm³/mol. The van der Waals surface area contributed by atoms with Crippen molar-refractivity contribution in [3.8, 4) is 0 Å². The van der Waals surface area contributed by atoms with E-state index < -0.39 is 0 Å². The van der Waals surface area contributed by atoms with Crippen LogP contribution in [0.3, 0.4) is 0 Å². The van der Waals surface area contributed by atoms with Gasteiger partial charge in [0.2, 0.25) is 5.91 Å². The first kappa shape index (κ1) is 13.6. The van der Waals surface area contributed by atoms with Crippen molar-refractivity contribution in [2.45, 2.75) is 33.6 Å². The van der Waals surface area contributed by atoms with Crippen LogP contribution in [0, 0.1) is 5.92 Å². The molecule has 0 aliphatic heterocycles. The van der Waals surface area contributed by atoms with Gasteiger partial charge in [-0.15, -0.1) is 11.3 Å². The molecule has 5 nitrogen and oxygen atoms in total. The van der Waals surface area contributed by atoms with Crippen LogP contribution >= 0.6 is 11.3 Å². The summed E-state index contributed by atoms with van der Waals surface area (Å²) >= 11 is 1.32. The molecule has 0 aromatic carbocycles. The molecule has 94 valence electrons. The van der Waals surface area contributed by atoms with Gasteiger partial charge in [0.15, 0.2) is 5.13 Å². The number of rotatable bonds is 5. The molecular weight excluding hydrogens is 238 g/mol. The molecule has 0 radical (unpaired) electrons. The zero-order chi connectivity index (χ0) is 12.8. The molecule has 0 spiro atoms. The fraction of sp³-hybridized carbons (Fsp3) is 0.545. The van der Waals surface area contributed by atoms with Crippen LogP contribution in [-0.4, -0.2) is 21.8 Å². The average molecular weight is 255 g/mol. The minimum atomic E-state index is -0.0289. The lowest BCUT2D eigenvalue weighted by atomic mass is 10.1. The van der Waals surface area contributed by atoms with Gasteiger partial charge in [-0.3, -0.25) is 4.79 Å². The van der Waals surface area contributed by atoms with Crippen LogP contribution in [-0.2, 0) is 4.79 Å². The number of hydrogen-bond acceptors (Lipinski definition) is 5. The number of nitrogens with one attached hydrogen (secondary N) is 1. The van der Waals surface area contributed by atoms with Gasteiger partial charge in [0, 0.05) is 11.8 Å². The highest BCUT2D eigenvalue weighted by atomic mass is 32.1. The predicted octanol–water partition coefficient (Wildman–Crippen LogP) is 2.72. The maximum Gasteiger partial charge on any atom is 0.226 e. The molecule has 1 aromatic heterocycles. The van der Waals surface area contributed by atoms with Gasteiger partial charge in [-0.25, -0.2) is 4.98 Å². The van der Waals surface area contributed by atoms with E-state index in [4.69, 9.17) is 5.21 Å². The molecule has 6 heteroatoms. The van der Waals surface area contributed by atoms with Crippen LogP contribution in [0.4, 0.5) is 5.13 Å². The Labute approximate surface area is 105 Å². The molecule has 1 atom stereocenters. The molecule has 17 heavy (non-hydrogen) atoms. The summed E-state index contributed by atoms with van der Waals surface area (Å²) in [6.07, 6.45) is 1.48. The Morgan fingerprint density at radius 2 is 2.41 bits per heavy atom. The number of carbonyl (C=O) groups excluding carboxylic acids is 1. The van der Waals surface area contributed by atoms with Gasteiger partial charge >= 0.3 is 0 Å². The van der Waals surface area contributed by atoms with Gasteiger partial charge in [0.25, 0.3) is 0 Å². The van der Waals surface area contributed by atoms with Gasteiger partial charge in [0.1, 0.15) is 11.4 Å². The van der Waals surface area contributed by atoms with E-state index in [-0.39, 0.29) is 5.91 Å². The van der Waals surface area contributed by atoms with E-state index in [2.05, 4.69) is 22.4 Å². The van der Waals surface area contributed by atoms with Crippen LogP contribution < -0.4 is 5.32 Å². The number of aromatic nitrogens is 1. The molecule has 1 unspecified atom stereocenters. The minimum absolute atomic E-state index is 0.0289.